The van der Waals surface area contributed by atoms with Crippen molar-refractivity contribution in [2.75, 3.05) is 11.9 Å². The van der Waals surface area contributed by atoms with E-state index in [1.54, 1.807) is 18.2 Å². The molecule has 0 heterocycles. The number of ketones is 1. The molecular formula is C17H16ClNO3. The number of anilines is 1. The smallest absolute Gasteiger partial charge is 0.227 e. The molecule has 0 fully saturated rings. The molecule has 0 unspecified atom stereocenters. The largest absolute Gasteiger partial charge is 0.493 e. The average molecular weight is 318 g/mol. The highest BCUT2D eigenvalue weighted by atomic mass is 35.5. The van der Waals surface area contributed by atoms with Crippen LogP contribution in [-0.2, 0) is 4.79 Å². The Labute approximate surface area is 134 Å². The Morgan fingerprint density at radius 2 is 1.86 bits per heavy atom. The van der Waals surface area contributed by atoms with Crippen LogP contribution in [0.2, 0.25) is 5.02 Å². The molecule has 2 aromatic carbocycles. The lowest BCUT2D eigenvalue weighted by molar-refractivity contribution is -0.116. The zero-order valence-electron chi connectivity index (χ0n) is 12.1. The third-order valence-electron chi connectivity index (χ3n) is 2.99. The summed E-state index contributed by atoms with van der Waals surface area (Å²) in [6, 6.07) is 14.1. The molecule has 0 aliphatic heterocycles. The minimum atomic E-state index is -0.224. The van der Waals surface area contributed by atoms with Crippen molar-refractivity contribution in [2.24, 2.45) is 0 Å². The zero-order valence-corrected chi connectivity index (χ0v) is 12.9. The standard InChI is InChI=1S/C17H16ClNO3/c1-12(20)13-7-8-15(18)16(11-13)19-17(21)9-10-22-14-5-3-2-4-6-14/h2-8,11H,9-10H2,1H3,(H,19,21). The van der Waals surface area contributed by atoms with Gasteiger partial charge in [0.1, 0.15) is 5.75 Å². The third kappa shape index (κ3) is 4.60. The van der Waals surface area contributed by atoms with Crippen LogP contribution in [0.3, 0.4) is 0 Å². The molecule has 5 heteroatoms. The quantitative estimate of drug-likeness (QED) is 0.821. The molecule has 0 saturated heterocycles. The number of hydrogen-bond donors (Lipinski definition) is 1. The van der Waals surface area contributed by atoms with Crippen LogP contribution in [0.25, 0.3) is 0 Å². The van der Waals surface area contributed by atoms with Gasteiger partial charge in [0.05, 0.1) is 23.7 Å². The Kier molecular flexibility index (Phi) is 5.55. The van der Waals surface area contributed by atoms with Gasteiger partial charge in [0.2, 0.25) is 5.91 Å². The van der Waals surface area contributed by atoms with E-state index in [4.69, 9.17) is 16.3 Å². The first kappa shape index (κ1) is 16.0. The first-order valence-corrected chi connectivity index (χ1v) is 7.22. The average Bonchev–Trinajstić information content (AvgIpc) is 2.50. The first-order valence-electron chi connectivity index (χ1n) is 6.84. The highest BCUT2D eigenvalue weighted by Crippen LogP contribution is 2.23. The molecule has 1 amide bonds. The molecule has 0 aliphatic carbocycles. The van der Waals surface area contributed by atoms with E-state index in [2.05, 4.69) is 5.32 Å². The summed E-state index contributed by atoms with van der Waals surface area (Å²) in [4.78, 5) is 23.2. The molecule has 0 aromatic heterocycles. The number of hydrogen-bond acceptors (Lipinski definition) is 3. The number of amides is 1. The van der Waals surface area contributed by atoms with Gasteiger partial charge in [-0.2, -0.15) is 0 Å². The summed E-state index contributed by atoms with van der Waals surface area (Å²) in [7, 11) is 0. The van der Waals surface area contributed by atoms with Crippen molar-refractivity contribution in [3.8, 4) is 5.75 Å². The minimum Gasteiger partial charge on any atom is -0.493 e. The first-order chi connectivity index (χ1) is 10.6. The van der Waals surface area contributed by atoms with Gasteiger partial charge in [-0.3, -0.25) is 9.59 Å². The van der Waals surface area contributed by atoms with E-state index in [1.165, 1.54) is 6.92 Å². The number of ether oxygens (including phenoxy) is 1. The molecular weight excluding hydrogens is 302 g/mol. The van der Waals surface area contributed by atoms with Crippen molar-refractivity contribution in [3.63, 3.8) is 0 Å². The van der Waals surface area contributed by atoms with Crippen molar-refractivity contribution in [2.45, 2.75) is 13.3 Å². The van der Waals surface area contributed by atoms with Crippen molar-refractivity contribution in [1.82, 2.24) is 0 Å². The van der Waals surface area contributed by atoms with Crippen LogP contribution in [0, 0.1) is 0 Å². The number of benzene rings is 2. The Bertz CT molecular complexity index is 671. The molecule has 0 saturated carbocycles. The molecule has 0 radical (unpaired) electrons. The predicted molar refractivity (Wildman–Crippen MR) is 86.6 cm³/mol. The van der Waals surface area contributed by atoms with Crippen LogP contribution in [0.4, 0.5) is 5.69 Å². The number of nitrogens with one attached hydrogen (secondary N) is 1. The van der Waals surface area contributed by atoms with Crippen LogP contribution >= 0.6 is 11.6 Å². The monoisotopic (exact) mass is 317 g/mol. The van der Waals surface area contributed by atoms with E-state index in [0.717, 1.165) is 0 Å². The lowest BCUT2D eigenvalue weighted by atomic mass is 10.1. The summed E-state index contributed by atoms with van der Waals surface area (Å²) in [6.07, 6.45) is 0.190. The van der Waals surface area contributed by atoms with E-state index in [1.807, 2.05) is 30.3 Å². The molecule has 4 nitrogen and oxygen atoms in total. The van der Waals surface area contributed by atoms with Crippen LogP contribution in [-0.4, -0.2) is 18.3 Å². The normalized spacial score (nSPS) is 10.1. The molecule has 2 rings (SSSR count). The van der Waals surface area contributed by atoms with Gasteiger partial charge in [0.15, 0.2) is 5.78 Å². The second-order valence-corrected chi connectivity index (χ2v) is 5.12. The predicted octanol–water partition coefficient (Wildman–Crippen LogP) is 3.95. The fourth-order valence-corrected chi connectivity index (χ4v) is 2.00. The Morgan fingerprint density at radius 3 is 2.55 bits per heavy atom. The van der Waals surface area contributed by atoms with E-state index in [0.29, 0.717) is 22.0 Å². The maximum absolute atomic E-state index is 11.9. The lowest BCUT2D eigenvalue weighted by Crippen LogP contribution is -2.15. The summed E-state index contributed by atoms with van der Waals surface area (Å²) in [5, 5.41) is 3.08. The second kappa shape index (κ2) is 7.61. The van der Waals surface area contributed by atoms with Gasteiger partial charge in [0.25, 0.3) is 0 Å². The van der Waals surface area contributed by atoms with Crippen molar-refractivity contribution in [3.05, 3.63) is 59.1 Å². The van der Waals surface area contributed by atoms with Gasteiger partial charge in [-0.25, -0.2) is 0 Å². The Morgan fingerprint density at radius 1 is 1.14 bits per heavy atom. The van der Waals surface area contributed by atoms with Crippen molar-refractivity contribution < 1.29 is 14.3 Å². The van der Waals surface area contributed by atoms with E-state index < -0.39 is 0 Å². The number of Topliss-reactive ketones (excluding diaryl/α,β-unsaturated/α-hetero) is 1. The number of rotatable bonds is 6. The molecule has 114 valence electrons. The summed E-state index contributed by atoms with van der Waals surface area (Å²) >= 11 is 6.02. The lowest BCUT2D eigenvalue weighted by Gasteiger charge is -2.09. The van der Waals surface area contributed by atoms with Crippen molar-refractivity contribution in [1.29, 1.82) is 0 Å². The van der Waals surface area contributed by atoms with E-state index in [9.17, 15) is 9.59 Å². The molecule has 0 spiro atoms. The number of halogens is 1. The van der Waals surface area contributed by atoms with Crippen LogP contribution in [0.5, 0.6) is 5.75 Å². The van der Waals surface area contributed by atoms with Gasteiger partial charge in [-0.05, 0) is 37.3 Å². The topological polar surface area (TPSA) is 55.4 Å². The molecule has 0 aliphatic rings. The third-order valence-corrected chi connectivity index (χ3v) is 3.32. The summed E-state index contributed by atoms with van der Waals surface area (Å²) in [5.41, 5.74) is 0.930. The number of carbonyl (C=O) groups excluding carboxylic acids is 2. The van der Waals surface area contributed by atoms with Crippen LogP contribution in [0.15, 0.2) is 48.5 Å². The zero-order chi connectivity index (χ0) is 15.9. The molecule has 0 bridgehead atoms. The Hall–Kier alpha value is -2.33. The summed E-state index contributed by atoms with van der Waals surface area (Å²) in [5.74, 6) is 0.407. The summed E-state index contributed by atoms with van der Waals surface area (Å²) < 4.78 is 5.46. The molecule has 22 heavy (non-hydrogen) atoms. The maximum atomic E-state index is 11.9. The highest BCUT2D eigenvalue weighted by molar-refractivity contribution is 6.33. The molecule has 0 atom stereocenters. The summed E-state index contributed by atoms with van der Waals surface area (Å²) in [6.45, 7) is 1.72. The SMILES string of the molecule is CC(=O)c1ccc(Cl)c(NC(=O)CCOc2ccccc2)c1. The van der Waals surface area contributed by atoms with Gasteiger partial charge in [0, 0.05) is 5.56 Å². The van der Waals surface area contributed by atoms with Gasteiger partial charge in [-0.1, -0.05) is 29.8 Å². The fraction of sp³-hybridized carbons (Fsp3) is 0.176. The maximum Gasteiger partial charge on any atom is 0.227 e. The molecule has 2 aromatic rings. The number of para-hydroxylation sites is 1. The Balaban J connectivity index is 1.89. The van der Waals surface area contributed by atoms with E-state index >= 15 is 0 Å². The van der Waals surface area contributed by atoms with Gasteiger partial charge in [-0.15, -0.1) is 0 Å². The highest BCUT2D eigenvalue weighted by Gasteiger charge is 2.09. The van der Waals surface area contributed by atoms with Crippen LogP contribution < -0.4 is 10.1 Å². The van der Waals surface area contributed by atoms with Gasteiger partial charge < -0.3 is 10.1 Å². The number of carbonyl (C=O) groups is 2. The second-order valence-electron chi connectivity index (χ2n) is 4.71. The van der Waals surface area contributed by atoms with Gasteiger partial charge >= 0.3 is 0 Å². The fourth-order valence-electron chi connectivity index (χ4n) is 1.83. The minimum absolute atomic E-state index is 0.0837. The molecule has 1 N–H and O–H groups in total. The van der Waals surface area contributed by atoms with E-state index in [-0.39, 0.29) is 24.7 Å². The van der Waals surface area contributed by atoms with Crippen molar-refractivity contribution >= 4 is 29.0 Å². The van der Waals surface area contributed by atoms with Crippen LogP contribution in [0.1, 0.15) is 23.7 Å².